The van der Waals surface area contributed by atoms with E-state index in [0.29, 0.717) is 6.54 Å². The molecule has 2 unspecified atom stereocenters. The highest BCUT2D eigenvalue weighted by Gasteiger charge is 2.38. The van der Waals surface area contributed by atoms with Crippen LogP contribution in [-0.2, 0) is 20.7 Å². The van der Waals surface area contributed by atoms with Crippen LogP contribution in [-0.4, -0.2) is 46.5 Å². The molecule has 2 atom stereocenters. The summed E-state index contributed by atoms with van der Waals surface area (Å²) in [5.74, 6) is -0.547. The lowest BCUT2D eigenvalue weighted by atomic mass is 9.94. The van der Waals surface area contributed by atoms with E-state index in [9.17, 15) is 14.4 Å². The van der Waals surface area contributed by atoms with Crippen molar-refractivity contribution in [3.05, 3.63) is 70.8 Å². The molecule has 0 aliphatic carbocycles. The lowest BCUT2D eigenvalue weighted by molar-refractivity contribution is -0.143. The van der Waals surface area contributed by atoms with Crippen LogP contribution in [0.1, 0.15) is 115 Å². The average molecular weight is 594 g/mol. The Bertz CT molecular complexity index is 1180. The number of nitrogens with zero attached hydrogens (tertiary/aromatic N) is 1. The third-order valence-corrected chi connectivity index (χ3v) is 7.09. The molecule has 7 heteroatoms. The molecule has 2 N–H and O–H groups in total. The highest BCUT2D eigenvalue weighted by atomic mass is 16.6. The molecule has 2 aromatic carbocycles. The molecule has 43 heavy (non-hydrogen) atoms. The summed E-state index contributed by atoms with van der Waals surface area (Å²) < 4.78 is 5.57. The van der Waals surface area contributed by atoms with Crippen molar-refractivity contribution in [1.82, 2.24) is 15.5 Å². The summed E-state index contributed by atoms with van der Waals surface area (Å²) in [6.45, 7) is 17.7. The van der Waals surface area contributed by atoms with Gasteiger partial charge in [0.05, 0.1) is 0 Å². The molecule has 0 radical (unpaired) electrons. The Labute approximate surface area is 260 Å². The molecular weight excluding hydrogens is 538 g/mol. The number of ether oxygens (including phenoxy) is 1. The van der Waals surface area contributed by atoms with Crippen LogP contribution in [0.3, 0.4) is 0 Å². The maximum atomic E-state index is 14.7. The maximum absolute atomic E-state index is 14.7. The van der Waals surface area contributed by atoms with E-state index in [-0.39, 0.29) is 18.2 Å². The Balaban J connectivity index is 2.59. The molecule has 0 bridgehead atoms. The van der Waals surface area contributed by atoms with Crippen LogP contribution in [0.2, 0.25) is 0 Å². The van der Waals surface area contributed by atoms with E-state index in [4.69, 9.17) is 4.74 Å². The summed E-state index contributed by atoms with van der Waals surface area (Å²) >= 11 is 0. The van der Waals surface area contributed by atoms with Crippen LogP contribution in [0.15, 0.2) is 48.5 Å². The molecule has 3 amide bonds. The zero-order chi connectivity index (χ0) is 32.2. The van der Waals surface area contributed by atoms with Crippen LogP contribution in [0.25, 0.3) is 0 Å². The van der Waals surface area contributed by atoms with Crippen molar-refractivity contribution in [2.75, 3.05) is 6.54 Å². The number of carbonyl (C=O) groups is 3. The maximum Gasteiger partial charge on any atom is 0.408 e. The van der Waals surface area contributed by atoms with Gasteiger partial charge in [0, 0.05) is 18.5 Å². The Morgan fingerprint density at radius 1 is 0.860 bits per heavy atom. The minimum absolute atomic E-state index is 0.240. The summed E-state index contributed by atoms with van der Waals surface area (Å²) in [4.78, 5) is 43.5. The molecule has 2 aromatic rings. The van der Waals surface area contributed by atoms with E-state index < -0.39 is 29.3 Å². The predicted molar refractivity (Wildman–Crippen MR) is 175 cm³/mol. The van der Waals surface area contributed by atoms with Gasteiger partial charge in [0.2, 0.25) is 11.8 Å². The number of hydrogen-bond donors (Lipinski definition) is 2. The Morgan fingerprint density at radius 3 is 2.09 bits per heavy atom. The van der Waals surface area contributed by atoms with E-state index in [2.05, 4.69) is 17.6 Å². The summed E-state index contributed by atoms with van der Waals surface area (Å²) in [6, 6.07) is 13.8. The number of nitrogens with one attached hydrogen (secondary N) is 2. The number of aryl methyl sites for hydroxylation is 2. The van der Waals surface area contributed by atoms with Crippen molar-refractivity contribution >= 4 is 17.9 Å². The molecule has 0 heterocycles. The average Bonchev–Trinajstić information content (AvgIpc) is 2.89. The van der Waals surface area contributed by atoms with Crippen LogP contribution in [0.5, 0.6) is 0 Å². The lowest BCUT2D eigenvalue weighted by Gasteiger charge is -2.37. The third kappa shape index (κ3) is 12.8. The highest BCUT2D eigenvalue weighted by Crippen LogP contribution is 2.28. The smallest absolute Gasteiger partial charge is 0.408 e. The molecule has 0 aliphatic heterocycles. The molecule has 2 rings (SSSR count). The van der Waals surface area contributed by atoms with Gasteiger partial charge in [0.25, 0.3) is 0 Å². The zero-order valence-corrected chi connectivity index (χ0v) is 28.0. The van der Waals surface area contributed by atoms with E-state index in [1.807, 2.05) is 83.1 Å². The predicted octanol–water partition coefficient (Wildman–Crippen LogP) is 7.58. The quantitative estimate of drug-likeness (QED) is 0.221. The van der Waals surface area contributed by atoms with Gasteiger partial charge >= 0.3 is 6.09 Å². The SMILES string of the molecule is CCCCCCCCN(C(=O)C(Cc1ccccc1)NC(=O)OC(C)(C)C)C(C(=O)NC(C)(C)C)c1cc(C)ccc1C. The van der Waals surface area contributed by atoms with Crippen LogP contribution in [0, 0.1) is 13.8 Å². The molecule has 0 aromatic heterocycles. The third-order valence-electron chi connectivity index (χ3n) is 7.09. The summed E-state index contributed by atoms with van der Waals surface area (Å²) in [5, 5.41) is 5.99. The standard InChI is InChI=1S/C36H55N3O4/c1-10-11-12-13-14-18-23-39(31(32(40)38-35(4,5)6)29-24-26(2)21-22-27(29)3)33(41)30(25-28-19-16-15-17-20-28)37-34(42)43-36(7,8)9/h15-17,19-22,24,30-31H,10-14,18,23,25H2,1-9H3,(H,37,42)(H,38,40). The molecule has 0 spiro atoms. The fourth-order valence-electron chi connectivity index (χ4n) is 5.07. The molecule has 238 valence electrons. The van der Waals surface area contributed by atoms with Gasteiger partial charge in [-0.05, 0) is 78.5 Å². The number of carbonyl (C=O) groups excluding carboxylic acids is 3. The minimum atomic E-state index is -0.924. The number of unbranched alkanes of at least 4 members (excludes halogenated alkanes) is 5. The van der Waals surface area contributed by atoms with Gasteiger partial charge in [-0.2, -0.15) is 0 Å². The van der Waals surface area contributed by atoms with Crippen molar-refractivity contribution in [3.8, 4) is 0 Å². The number of benzene rings is 2. The number of rotatable bonds is 14. The van der Waals surface area contributed by atoms with Crippen molar-refractivity contribution in [2.45, 2.75) is 130 Å². The monoisotopic (exact) mass is 593 g/mol. The Hall–Kier alpha value is -3.35. The summed E-state index contributed by atoms with van der Waals surface area (Å²) in [5.41, 5.74) is 2.40. The van der Waals surface area contributed by atoms with Crippen molar-refractivity contribution < 1.29 is 19.1 Å². The fraction of sp³-hybridized carbons (Fsp3) is 0.583. The number of alkyl carbamates (subject to hydrolysis) is 1. The fourth-order valence-corrected chi connectivity index (χ4v) is 5.07. The molecule has 0 saturated heterocycles. The van der Waals surface area contributed by atoms with Gasteiger partial charge in [0.1, 0.15) is 17.7 Å². The van der Waals surface area contributed by atoms with Crippen molar-refractivity contribution in [1.29, 1.82) is 0 Å². The summed E-state index contributed by atoms with van der Waals surface area (Å²) in [6.07, 6.45) is 5.87. The van der Waals surface area contributed by atoms with Gasteiger partial charge in [-0.15, -0.1) is 0 Å². The first-order valence-corrected chi connectivity index (χ1v) is 15.8. The molecule has 0 aliphatic rings. The minimum Gasteiger partial charge on any atom is -0.444 e. The van der Waals surface area contributed by atoms with Crippen LogP contribution >= 0.6 is 0 Å². The van der Waals surface area contributed by atoms with E-state index in [1.54, 1.807) is 25.7 Å². The first kappa shape index (κ1) is 35.8. The van der Waals surface area contributed by atoms with Gasteiger partial charge in [0.15, 0.2) is 0 Å². The second-order valence-electron chi connectivity index (χ2n) is 13.7. The largest absolute Gasteiger partial charge is 0.444 e. The molecular formula is C36H55N3O4. The van der Waals surface area contributed by atoms with Crippen molar-refractivity contribution in [3.63, 3.8) is 0 Å². The van der Waals surface area contributed by atoms with Crippen LogP contribution in [0.4, 0.5) is 4.79 Å². The summed E-state index contributed by atoms with van der Waals surface area (Å²) in [7, 11) is 0. The Morgan fingerprint density at radius 2 is 1.49 bits per heavy atom. The molecule has 7 nitrogen and oxygen atoms in total. The number of amides is 3. The van der Waals surface area contributed by atoms with Gasteiger partial charge in [-0.1, -0.05) is 93.1 Å². The van der Waals surface area contributed by atoms with E-state index in [1.165, 1.54) is 6.42 Å². The molecule has 0 saturated carbocycles. The van der Waals surface area contributed by atoms with Gasteiger partial charge in [-0.25, -0.2) is 4.79 Å². The highest BCUT2D eigenvalue weighted by molar-refractivity contribution is 5.92. The van der Waals surface area contributed by atoms with E-state index >= 15 is 0 Å². The first-order chi connectivity index (χ1) is 20.1. The Kier molecular flexibility index (Phi) is 13.7. The van der Waals surface area contributed by atoms with Crippen molar-refractivity contribution in [2.24, 2.45) is 0 Å². The van der Waals surface area contributed by atoms with E-state index in [0.717, 1.165) is 54.4 Å². The molecule has 0 fully saturated rings. The normalized spacial score (nSPS) is 13.1. The second-order valence-corrected chi connectivity index (χ2v) is 13.7. The van der Waals surface area contributed by atoms with Gasteiger partial charge < -0.3 is 20.3 Å². The topological polar surface area (TPSA) is 87.7 Å². The second kappa shape index (κ2) is 16.5. The zero-order valence-electron chi connectivity index (χ0n) is 28.0. The first-order valence-electron chi connectivity index (χ1n) is 15.8. The lowest BCUT2D eigenvalue weighted by Crippen LogP contribution is -2.55. The van der Waals surface area contributed by atoms with Crippen LogP contribution < -0.4 is 10.6 Å². The number of hydrogen-bond acceptors (Lipinski definition) is 4. The van der Waals surface area contributed by atoms with Gasteiger partial charge in [-0.3, -0.25) is 9.59 Å².